The normalized spacial score (nSPS) is 16.6. The molecule has 1 atom stereocenters. The number of ether oxygens (including phenoxy) is 1. The number of thiophene rings is 1. The molecular formula is C16H16N2O5S2. The highest BCUT2D eigenvalue weighted by atomic mass is 32.2. The van der Waals surface area contributed by atoms with Gasteiger partial charge in [0.15, 0.2) is 6.10 Å². The van der Waals surface area contributed by atoms with E-state index < -0.39 is 22.0 Å². The Kier molecular flexibility index (Phi) is 4.53. The van der Waals surface area contributed by atoms with Crippen molar-refractivity contribution < 1.29 is 22.7 Å². The van der Waals surface area contributed by atoms with Gasteiger partial charge < -0.3 is 10.1 Å². The van der Waals surface area contributed by atoms with Gasteiger partial charge in [-0.05, 0) is 48.6 Å². The number of carbonyl (C=O) groups excluding carboxylic acids is 2. The van der Waals surface area contributed by atoms with Gasteiger partial charge in [-0.1, -0.05) is 6.92 Å². The maximum absolute atomic E-state index is 12.5. The lowest BCUT2D eigenvalue weighted by Crippen LogP contribution is -2.36. The van der Waals surface area contributed by atoms with Gasteiger partial charge in [0, 0.05) is 0 Å². The van der Waals surface area contributed by atoms with E-state index in [2.05, 4.69) is 5.32 Å². The van der Waals surface area contributed by atoms with Crippen molar-refractivity contribution in [3.8, 4) is 5.75 Å². The smallest absolute Gasteiger partial charge is 0.275 e. The van der Waals surface area contributed by atoms with Crippen LogP contribution in [0.25, 0.3) is 0 Å². The summed E-state index contributed by atoms with van der Waals surface area (Å²) in [6.45, 7) is 3.55. The van der Waals surface area contributed by atoms with E-state index in [1.54, 1.807) is 18.4 Å². The topological polar surface area (TPSA) is 102 Å². The number of anilines is 1. The summed E-state index contributed by atoms with van der Waals surface area (Å²) < 4.78 is 32.5. The summed E-state index contributed by atoms with van der Waals surface area (Å²) in [5.41, 5.74) is 0.965. The lowest BCUT2D eigenvalue weighted by molar-refractivity contribution is -0.123. The SMILES string of the molecule is CC[C@H]1Oc2ccc(S(=O)(=O)NC(=O)c3sccc3C)cc2NC1=O. The Morgan fingerprint density at radius 3 is 2.76 bits per heavy atom. The van der Waals surface area contributed by atoms with Crippen molar-refractivity contribution in [2.75, 3.05) is 5.32 Å². The summed E-state index contributed by atoms with van der Waals surface area (Å²) >= 11 is 1.17. The summed E-state index contributed by atoms with van der Waals surface area (Å²) in [6.07, 6.45) is -0.0990. The Bertz CT molecular complexity index is 949. The fourth-order valence-electron chi connectivity index (χ4n) is 2.40. The van der Waals surface area contributed by atoms with Gasteiger partial charge in [0.25, 0.3) is 21.8 Å². The zero-order chi connectivity index (χ0) is 18.2. The van der Waals surface area contributed by atoms with Gasteiger partial charge in [0.1, 0.15) is 5.75 Å². The van der Waals surface area contributed by atoms with Crippen molar-refractivity contribution in [2.45, 2.75) is 31.3 Å². The molecule has 0 aliphatic carbocycles. The minimum Gasteiger partial charge on any atom is -0.478 e. The summed E-state index contributed by atoms with van der Waals surface area (Å²) in [5.74, 6) is -0.620. The monoisotopic (exact) mass is 380 g/mol. The molecule has 0 spiro atoms. The average molecular weight is 380 g/mol. The molecule has 7 nitrogen and oxygen atoms in total. The van der Waals surface area contributed by atoms with Crippen LogP contribution in [0.5, 0.6) is 5.75 Å². The molecular weight excluding hydrogens is 364 g/mol. The van der Waals surface area contributed by atoms with Crippen LogP contribution in [0.2, 0.25) is 0 Å². The molecule has 3 rings (SSSR count). The lowest BCUT2D eigenvalue weighted by atomic mass is 10.2. The van der Waals surface area contributed by atoms with Crippen molar-refractivity contribution in [3.05, 3.63) is 40.1 Å². The third kappa shape index (κ3) is 3.38. The van der Waals surface area contributed by atoms with E-state index in [0.717, 1.165) is 0 Å². The number of aryl methyl sites for hydroxylation is 1. The molecule has 0 saturated heterocycles. The van der Waals surface area contributed by atoms with E-state index in [-0.39, 0.29) is 16.5 Å². The fourth-order valence-corrected chi connectivity index (χ4v) is 4.27. The number of amides is 2. The Morgan fingerprint density at radius 1 is 1.36 bits per heavy atom. The molecule has 0 fully saturated rings. The molecule has 0 radical (unpaired) electrons. The molecule has 9 heteroatoms. The maximum atomic E-state index is 12.5. The van der Waals surface area contributed by atoms with E-state index in [1.807, 2.05) is 11.6 Å². The Balaban J connectivity index is 1.86. The van der Waals surface area contributed by atoms with E-state index in [0.29, 0.717) is 22.6 Å². The van der Waals surface area contributed by atoms with Crippen LogP contribution >= 0.6 is 11.3 Å². The van der Waals surface area contributed by atoms with Gasteiger partial charge in [0.2, 0.25) is 0 Å². The predicted molar refractivity (Wildman–Crippen MR) is 93.5 cm³/mol. The highest BCUT2D eigenvalue weighted by molar-refractivity contribution is 7.90. The standard InChI is InChI=1S/C16H16N2O5S2/c1-3-12-15(19)17-11-8-10(4-5-13(11)23-12)25(21,22)18-16(20)14-9(2)6-7-24-14/h4-8,12H,3H2,1-2H3,(H,17,19)(H,18,20)/t12-/m1/s1. The zero-order valence-electron chi connectivity index (χ0n) is 13.5. The van der Waals surface area contributed by atoms with Crippen LogP contribution in [-0.4, -0.2) is 26.3 Å². The van der Waals surface area contributed by atoms with Crippen LogP contribution in [0.1, 0.15) is 28.6 Å². The Labute approximate surface area is 149 Å². The van der Waals surface area contributed by atoms with Crippen molar-refractivity contribution in [1.29, 1.82) is 0 Å². The third-order valence-corrected chi connectivity index (χ3v) is 6.09. The van der Waals surface area contributed by atoms with Crippen molar-refractivity contribution >= 4 is 38.9 Å². The number of hydrogen-bond donors (Lipinski definition) is 2. The van der Waals surface area contributed by atoms with Crippen molar-refractivity contribution in [3.63, 3.8) is 0 Å². The Hall–Kier alpha value is -2.39. The van der Waals surface area contributed by atoms with Crippen LogP contribution < -0.4 is 14.8 Å². The maximum Gasteiger partial charge on any atom is 0.275 e. The molecule has 2 amide bonds. The number of rotatable bonds is 4. The first-order chi connectivity index (χ1) is 11.8. The molecule has 1 aromatic carbocycles. The number of fused-ring (bicyclic) bond motifs is 1. The number of benzene rings is 1. The molecule has 0 bridgehead atoms. The third-order valence-electron chi connectivity index (χ3n) is 3.75. The summed E-state index contributed by atoms with van der Waals surface area (Å²) in [6, 6.07) is 5.81. The van der Waals surface area contributed by atoms with Gasteiger partial charge in [-0.25, -0.2) is 13.1 Å². The minimum absolute atomic E-state index is 0.132. The molecule has 1 aliphatic heterocycles. The zero-order valence-corrected chi connectivity index (χ0v) is 15.2. The van der Waals surface area contributed by atoms with Gasteiger partial charge in [-0.3, -0.25) is 9.59 Å². The second kappa shape index (κ2) is 6.49. The molecule has 1 aliphatic rings. The fraction of sp³-hybridized carbons (Fsp3) is 0.250. The second-order valence-corrected chi connectivity index (χ2v) is 8.13. The molecule has 0 unspecified atom stereocenters. The van der Waals surface area contributed by atoms with Crippen LogP contribution in [0, 0.1) is 6.92 Å². The summed E-state index contributed by atoms with van der Waals surface area (Å²) in [7, 11) is -4.07. The van der Waals surface area contributed by atoms with Crippen LogP contribution in [0.4, 0.5) is 5.69 Å². The first kappa shape index (κ1) is 17.4. The number of carbonyl (C=O) groups is 2. The predicted octanol–water partition coefficient (Wildman–Crippen LogP) is 2.28. The van der Waals surface area contributed by atoms with Gasteiger partial charge in [-0.15, -0.1) is 11.3 Å². The summed E-state index contributed by atoms with van der Waals surface area (Å²) in [5, 5.41) is 4.34. The van der Waals surface area contributed by atoms with E-state index in [9.17, 15) is 18.0 Å². The van der Waals surface area contributed by atoms with E-state index >= 15 is 0 Å². The molecule has 132 valence electrons. The summed E-state index contributed by atoms with van der Waals surface area (Å²) in [4.78, 5) is 24.2. The van der Waals surface area contributed by atoms with Gasteiger partial charge in [0.05, 0.1) is 15.5 Å². The number of hydrogen-bond acceptors (Lipinski definition) is 6. The Morgan fingerprint density at radius 2 is 2.12 bits per heavy atom. The van der Waals surface area contributed by atoms with Gasteiger partial charge in [-0.2, -0.15) is 0 Å². The van der Waals surface area contributed by atoms with Crippen molar-refractivity contribution in [1.82, 2.24) is 4.72 Å². The van der Waals surface area contributed by atoms with E-state index in [4.69, 9.17) is 4.74 Å². The molecule has 25 heavy (non-hydrogen) atoms. The van der Waals surface area contributed by atoms with E-state index in [1.165, 1.54) is 29.5 Å². The highest BCUT2D eigenvalue weighted by Crippen LogP contribution is 2.32. The second-order valence-electron chi connectivity index (χ2n) is 5.53. The molecule has 1 aromatic heterocycles. The minimum atomic E-state index is -4.07. The quantitative estimate of drug-likeness (QED) is 0.847. The largest absolute Gasteiger partial charge is 0.478 e. The van der Waals surface area contributed by atoms with Crippen LogP contribution in [-0.2, 0) is 14.8 Å². The van der Waals surface area contributed by atoms with Crippen LogP contribution in [0.15, 0.2) is 34.5 Å². The average Bonchev–Trinajstić information content (AvgIpc) is 2.99. The number of sulfonamides is 1. The molecule has 0 saturated carbocycles. The lowest BCUT2D eigenvalue weighted by Gasteiger charge is -2.25. The van der Waals surface area contributed by atoms with Gasteiger partial charge >= 0.3 is 0 Å². The first-order valence-electron chi connectivity index (χ1n) is 7.54. The highest BCUT2D eigenvalue weighted by Gasteiger charge is 2.28. The number of nitrogens with one attached hydrogen (secondary N) is 2. The molecule has 2 aromatic rings. The van der Waals surface area contributed by atoms with Crippen LogP contribution in [0.3, 0.4) is 0 Å². The molecule has 2 heterocycles. The molecule has 2 N–H and O–H groups in total. The first-order valence-corrected chi connectivity index (χ1v) is 9.91. The van der Waals surface area contributed by atoms with Crippen molar-refractivity contribution in [2.24, 2.45) is 0 Å².